The van der Waals surface area contributed by atoms with E-state index in [0.29, 0.717) is 5.66 Å². The van der Waals surface area contributed by atoms with Gasteiger partial charge < -0.3 is 0 Å². The fourth-order valence-corrected chi connectivity index (χ4v) is 14.5. The zero-order valence-electron chi connectivity index (χ0n) is 32.6. The summed E-state index contributed by atoms with van der Waals surface area (Å²) >= 11 is 0. The van der Waals surface area contributed by atoms with E-state index in [9.17, 15) is 0 Å². The van der Waals surface area contributed by atoms with Crippen molar-refractivity contribution in [1.82, 2.24) is 0 Å². The first-order valence-corrected chi connectivity index (χ1v) is 23.9. The molecule has 0 aromatic heterocycles. The van der Waals surface area contributed by atoms with Crippen LogP contribution < -0.4 is 42.4 Å². The molecule has 0 spiro atoms. The number of benzene rings is 8. The molecule has 0 heterocycles. The molecule has 0 aliphatic heterocycles. The van der Waals surface area contributed by atoms with Crippen LogP contribution in [0.15, 0.2) is 255 Å². The van der Waals surface area contributed by atoms with Gasteiger partial charge in [0.2, 0.25) is 0 Å². The fourth-order valence-electron chi connectivity index (χ4n) is 7.08. The molecule has 1 aliphatic carbocycles. The Bertz CT molecular complexity index is 1960. The van der Waals surface area contributed by atoms with E-state index in [1.807, 2.05) is 0 Å². The van der Waals surface area contributed by atoms with Crippen molar-refractivity contribution >= 4 is 66.2 Å². The minimum atomic E-state index is -0.446. The summed E-state index contributed by atoms with van der Waals surface area (Å²) in [6.45, 7) is 0. The van der Waals surface area contributed by atoms with Crippen molar-refractivity contribution in [2.24, 2.45) is 0 Å². The first-order chi connectivity index (χ1) is 28.3. The third kappa shape index (κ3) is 12.2. The minimum absolute atomic E-state index is 0. The van der Waals surface area contributed by atoms with Crippen molar-refractivity contribution in [3.63, 3.8) is 0 Å². The molecule has 8 aromatic rings. The molecule has 0 saturated carbocycles. The van der Waals surface area contributed by atoms with Gasteiger partial charge in [0, 0.05) is 25.1 Å². The molecule has 4 heteroatoms. The Morgan fingerprint density at radius 2 is 0.517 bits per heavy atom. The predicted octanol–water partition coefficient (Wildman–Crippen LogP) is 11.1. The molecular weight excluding hydrogens is 843 g/mol. The van der Waals surface area contributed by atoms with Gasteiger partial charge in [0.05, 0.1) is 0 Å². The Morgan fingerprint density at radius 3 is 0.724 bits per heavy atom. The summed E-state index contributed by atoms with van der Waals surface area (Å²) in [6, 6.07) is 86.7. The van der Waals surface area contributed by atoms with Gasteiger partial charge in [-0.1, -0.05) is 255 Å². The van der Waals surface area contributed by atoms with Crippen LogP contribution in [0, 0.1) is 0 Å². The van der Waals surface area contributed by atoms with Crippen LogP contribution in [0.3, 0.4) is 0 Å². The predicted molar refractivity (Wildman–Crippen MR) is 256 cm³/mol. The summed E-state index contributed by atoms with van der Waals surface area (Å²) in [5, 5.41) is 11.4. The van der Waals surface area contributed by atoms with Gasteiger partial charge in [0.1, 0.15) is 0 Å². The number of rotatable bonds is 9. The van der Waals surface area contributed by atoms with Crippen molar-refractivity contribution in [3.05, 3.63) is 255 Å². The molecule has 0 N–H and O–H groups in total. The summed E-state index contributed by atoms with van der Waals surface area (Å²) in [5.74, 6) is 0. The number of hydrogen-bond acceptors (Lipinski definition) is 0. The van der Waals surface area contributed by atoms with Gasteiger partial charge in [-0.2, -0.15) is 0 Å². The van der Waals surface area contributed by atoms with Gasteiger partial charge in [0.15, 0.2) is 0 Å². The summed E-state index contributed by atoms with van der Waals surface area (Å²) in [4.78, 5) is 0. The average Bonchev–Trinajstić information content (AvgIpc) is 3.30. The minimum Gasteiger partial charge on any atom is -0.0879 e. The Kier molecular flexibility index (Phi) is 17.6. The van der Waals surface area contributed by atoms with Gasteiger partial charge in [-0.05, 0) is 85.5 Å². The van der Waals surface area contributed by atoms with Gasteiger partial charge in [0.25, 0.3) is 0 Å². The van der Waals surface area contributed by atoms with E-state index < -0.39 is 15.8 Å². The Hall–Kier alpha value is -4.59. The maximum atomic E-state index is 2.45. The van der Waals surface area contributed by atoms with Crippen molar-refractivity contribution in [1.29, 1.82) is 0 Å². The van der Waals surface area contributed by atoms with Crippen LogP contribution in [0.2, 0.25) is 0 Å². The molecule has 0 bridgehead atoms. The second-order valence-corrected chi connectivity index (χ2v) is 20.5. The average molecular weight is 892 g/mol. The fraction of sp³-hybridized carbons (Fsp3) is 0.0741. The van der Waals surface area contributed by atoms with E-state index in [-0.39, 0.29) is 27.4 Å². The van der Waals surface area contributed by atoms with Crippen LogP contribution in [0.4, 0.5) is 0 Å². The summed E-state index contributed by atoms with van der Waals surface area (Å²) in [5.41, 5.74) is 0.702. The van der Waals surface area contributed by atoms with Crippen molar-refractivity contribution in [2.75, 3.05) is 0 Å². The van der Waals surface area contributed by atoms with E-state index in [4.69, 9.17) is 0 Å². The third-order valence-electron chi connectivity index (χ3n) is 9.72. The molecule has 1 aliphatic rings. The topological polar surface area (TPSA) is 0 Å². The van der Waals surface area contributed by atoms with Crippen LogP contribution in [0.25, 0.3) is 0 Å². The molecule has 0 fully saturated rings. The molecule has 9 rings (SSSR count). The van der Waals surface area contributed by atoms with Crippen LogP contribution in [-0.2, 0) is 19.5 Å². The molecule has 1 atom stereocenters. The van der Waals surface area contributed by atoms with Crippen molar-refractivity contribution in [2.45, 2.75) is 24.9 Å². The number of hydrogen-bond donors (Lipinski definition) is 0. The molecule has 0 nitrogen and oxygen atoms in total. The molecule has 288 valence electrons. The van der Waals surface area contributed by atoms with E-state index in [1.54, 1.807) is 0 Å². The Labute approximate surface area is 363 Å². The second-order valence-electron chi connectivity index (χ2n) is 13.7. The van der Waals surface area contributed by atoms with E-state index in [0.717, 1.165) is 0 Å². The van der Waals surface area contributed by atoms with E-state index in [2.05, 4.69) is 255 Å². The van der Waals surface area contributed by atoms with Crippen molar-refractivity contribution < 1.29 is 19.5 Å². The summed E-state index contributed by atoms with van der Waals surface area (Å²) in [6.07, 6.45) is 8.74. The molecule has 8 aromatic carbocycles. The standard InChI is InChI=1S/C18H19P.2C18H15P.Ru/c3*1-4-10-16(11-5-1)19(17-12-6-2-7-13-17)18-14-8-3-9-15-18;/h1-2,4-8,10-14,18H,3,9,15H2;2*1-15H;. The molecule has 0 radical (unpaired) electrons. The molecule has 0 saturated heterocycles. The third-order valence-corrected chi connectivity index (χ3v) is 17.4. The zero-order valence-corrected chi connectivity index (χ0v) is 37.1. The van der Waals surface area contributed by atoms with Gasteiger partial charge >= 0.3 is 0 Å². The van der Waals surface area contributed by atoms with Crippen LogP contribution >= 0.6 is 23.8 Å². The van der Waals surface area contributed by atoms with Crippen LogP contribution in [0.1, 0.15) is 19.3 Å². The largest absolute Gasteiger partial charge is 0.0879 e. The monoisotopic (exact) mass is 892 g/mol. The second kappa shape index (κ2) is 23.7. The zero-order chi connectivity index (χ0) is 38.7. The number of allylic oxidation sites excluding steroid dienone is 2. The molecule has 58 heavy (non-hydrogen) atoms. The first kappa shape index (κ1) is 43.0. The quantitative estimate of drug-likeness (QED) is 0.0769. The SMILES string of the molecule is C1=CC(P(c2ccccc2)c2ccccc2)CCC1.[Ru].c1ccc(P(c2ccccc2)c2ccccc2)cc1.c1ccc(P(c2ccccc2)c2ccccc2)cc1. The van der Waals surface area contributed by atoms with Crippen LogP contribution in [0.5, 0.6) is 0 Å². The maximum absolute atomic E-state index is 2.45. The molecular formula is C54H49P3Ru. The van der Waals surface area contributed by atoms with Gasteiger partial charge in [-0.3, -0.25) is 0 Å². The van der Waals surface area contributed by atoms with E-state index in [1.165, 1.54) is 61.7 Å². The maximum Gasteiger partial charge on any atom is 0.00507 e. The Balaban J connectivity index is 0.000000145. The Morgan fingerprint density at radius 1 is 0.293 bits per heavy atom. The summed E-state index contributed by atoms with van der Waals surface area (Å²) < 4.78 is 0. The van der Waals surface area contributed by atoms with Crippen molar-refractivity contribution in [3.8, 4) is 0 Å². The van der Waals surface area contributed by atoms with E-state index >= 15 is 0 Å². The summed E-state index contributed by atoms with van der Waals surface area (Å²) in [7, 11) is -1.15. The smallest absolute Gasteiger partial charge is 0.00507 e. The van der Waals surface area contributed by atoms with Crippen LogP contribution in [-0.4, -0.2) is 5.66 Å². The molecule has 0 amide bonds. The first-order valence-electron chi connectivity index (χ1n) is 19.8. The normalized spacial score (nSPS) is 13.1. The van der Waals surface area contributed by atoms with Gasteiger partial charge in [-0.25, -0.2) is 0 Å². The molecule has 1 unspecified atom stereocenters. The van der Waals surface area contributed by atoms with Gasteiger partial charge in [-0.15, -0.1) is 0 Å².